The van der Waals surface area contributed by atoms with Gasteiger partial charge in [-0.05, 0) is 12.8 Å². The van der Waals surface area contributed by atoms with E-state index in [2.05, 4.69) is 16.0 Å². The van der Waals surface area contributed by atoms with Crippen LogP contribution in [0.3, 0.4) is 0 Å². The van der Waals surface area contributed by atoms with E-state index in [-0.39, 0.29) is 19.6 Å². The molecule has 0 aromatic heterocycles. The van der Waals surface area contributed by atoms with E-state index in [1.54, 1.807) is 0 Å². The third kappa shape index (κ3) is 4.17. The number of carboxylic acids is 1. The molecule has 8 heteroatoms. The lowest BCUT2D eigenvalue weighted by Gasteiger charge is -2.12. The van der Waals surface area contributed by atoms with Gasteiger partial charge in [0, 0.05) is 19.6 Å². The number of primary amides is 1. The lowest BCUT2D eigenvalue weighted by atomic mass is 10.1. The Morgan fingerprint density at radius 1 is 1.12 bits per heavy atom. The van der Waals surface area contributed by atoms with Gasteiger partial charge in [-0.1, -0.05) is 0 Å². The number of carboxylic acid groups (broad SMARTS) is 1. The van der Waals surface area contributed by atoms with Crippen molar-refractivity contribution in [2.45, 2.75) is 12.8 Å². The van der Waals surface area contributed by atoms with Gasteiger partial charge in [0.05, 0.1) is 5.41 Å². The van der Waals surface area contributed by atoms with Crippen LogP contribution >= 0.6 is 0 Å². The zero-order valence-electron chi connectivity index (χ0n) is 9.28. The first kappa shape index (κ1) is 13.1. The largest absolute Gasteiger partial charge is 0.481 e. The molecule has 0 bridgehead atoms. The molecule has 0 unspecified atom stereocenters. The highest BCUT2D eigenvalue weighted by atomic mass is 16.4. The van der Waals surface area contributed by atoms with Gasteiger partial charge in [-0.25, -0.2) is 9.59 Å². The molecule has 0 aromatic rings. The van der Waals surface area contributed by atoms with Crippen molar-refractivity contribution in [2.24, 2.45) is 11.1 Å². The summed E-state index contributed by atoms with van der Waals surface area (Å²) in [6.07, 6.45) is 1.18. The Balaban J connectivity index is 2.10. The Bertz CT molecular complexity index is 327. The molecule has 96 valence electrons. The highest BCUT2D eigenvalue weighted by Gasteiger charge is 2.50. The number of amides is 4. The highest BCUT2D eigenvalue weighted by molar-refractivity contribution is 5.80. The molecule has 1 saturated carbocycles. The summed E-state index contributed by atoms with van der Waals surface area (Å²) in [5.74, 6) is -0.881. The van der Waals surface area contributed by atoms with Gasteiger partial charge in [-0.2, -0.15) is 0 Å². The second-order valence-electron chi connectivity index (χ2n) is 3.99. The van der Waals surface area contributed by atoms with Crippen LogP contribution in [-0.4, -0.2) is 42.8 Å². The Kier molecular flexibility index (Phi) is 4.13. The monoisotopic (exact) mass is 244 g/mol. The lowest BCUT2D eigenvalue weighted by Crippen LogP contribution is -2.43. The van der Waals surface area contributed by atoms with Crippen LogP contribution in [0, 0.1) is 5.41 Å². The second-order valence-corrected chi connectivity index (χ2v) is 3.99. The van der Waals surface area contributed by atoms with Crippen molar-refractivity contribution >= 4 is 18.0 Å². The third-order valence-electron chi connectivity index (χ3n) is 2.60. The molecule has 17 heavy (non-hydrogen) atoms. The van der Waals surface area contributed by atoms with Crippen LogP contribution in [0.2, 0.25) is 0 Å². The van der Waals surface area contributed by atoms with Gasteiger partial charge in [0.15, 0.2) is 0 Å². The van der Waals surface area contributed by atoms with E-state index in [0.717, 1.165) is 0 Å². The van der Waals surface area contributed by atoms with E-state index in [9.17, 15) is 14.4 Å². The molecule has 0 radical (unpaired) electrons. The SMILES string of the molecule is NC(=O)NCCNC(=O)NCC1(C(=O)O)CC1. The van der Waals surface area contributed by atoms with E-state index in [1.807, 2.05) is 0 Å². The first-order valence-electron chi connectivity index (χ1n) is 5.25. The fourth-order valence-electron chi connectivity index (χ4n) is 1.29. The first-order valence-corrected chi connectivity index (χ1v) is 5.25. The number of nitrogens with two attached hydrogens (primary N) is 1. The van der Waals surface area contributed by atoms with Crippen molar-refractivity contribution in [1.82, 2.24) is 16.0 Å². The van der Waals surface area contributed by atoms with E-state index < -0.39 is 23.4 Å². The quantitative estimate of drug-likeness (QED) is 0.376. The van der Waals surface area contributed by atoms with Crippen LogP contribution in [0.1, 0.15) is 12.8 Å². The summed E-state index contributed by atoms with van der Waals surface area (Å²) in [4.78, 5) is 32.3. The van der Waals surface area contributed by atoms with Gasteiger partial charge in [0.2, 0.25) is 0 Å². The molecule has 1 fully saturated rings. The molecule has 4 amide bonds. The molecule has 0 aliphatic heterocycles. The summed E-state index contributed by atoms with van der Waals surface area (Å²) in [7, 11) is 0. The molecule has 8 nitrogen and oxygen atoms in total. The van der Waals surface area contributed by atoms with E-state index >= 15 is 0 Å². The Hall–Kier alpha value is -1.99. The van der Waals surface area contributed by atoms with Gasteiger partial charge >= 0.3 is 18.0 Å². The number of hydrogen-bond acceptors (Lipinski definition) is 3. The number of hydrogen-bond donors (Lipinski definition) is 5. The van der Waals surface area contributed by atoms with Gasteiger partial charge < -0.3 is 26.8 Å². The number of carbonyl (C=O) groups is 3. The van der Waals surface area contributed by atoms with Crippen LogP contribution in [0.25, 0.3) is 0 Å². The predicted octanol–water partition coefficient (Wildman–Crippen LogP) is -1.18. The van der Waals surface area contributed by atoms with E-state index in [1.165, 1.54) is 0 Å². The van der Waals surface area contributed by atoms with Crippen LogP contribution < -0.4 is 21.7 Å². The Labute approximate surface area is 97.9 Å². The summed E-state index contributed by atoms with van der Waals surface area (Å²) in [6, 6.07) is -1.11. The molecule has 0 saturated heterocycles. The fraction of sp³-hybridized carbons (Fsp3) is 0.667. The minimum atomic E-state index is -0.881. The minimum Gasteiger partial charge on any atom is -0.481 e. The molecule has 0 spiro atoms. The number of nitrogens with one attached hydrogen (secondary N) is 3. The van der Waals surface area contributed by atoms with Crippen LogP contribution in [0.5, 0.6) is 0 Å². The van der Waals surface area contributed by atoms with E-state index in [4.69, 9.17) is 10.8 Å². The lowest BCUT2D eigenvalue weighted by molar-refractivity contribution is -0.143. The Morgan fingerprint density at radius 2 is 1.71 bits per heavy atom. The fourth-order valence-corrected chi connectivity index (χ4v) is 1.29. The van der Waals surface area contributed by atoms with Crippen LogP contribution in [-0.2, 0) is 4.79 Å². The summed E-state index contributed by atoms with van der Waals surface area (Å²) in [5.41, 5.74) is 4.05. The number of carbonyl (C=O) groups excluding carboxylic acids is 2. The first-order chi connectivity index (χ1) is 7.96. The average Bonchev–Trinajstić information content (AvgIpc) is 3.02. The smallest absolute Gasteiger partial charge is 0.314 e. The number of aliphatic carboxylic acids is 1. The molecule has 6 N–H and O–H groups in total. The molecular weight excluding hydrogens is 228 g/mol. The summed E-state index contributed by atoms with van der Waals surface area (Å²) < 4.78 is 0. The van der Waals surface area contributed by atoms with E-state index in [0.29, 0.717) is 12.8 Å². The zero-order chi connectivity index (χ0) is 12.9. The molecule has 0 aromatic carbocycles. The van der Waals surface area contributed by atoms with Gasteiger partial charge in [0.1, 0.15) is 0 Å². The minimum absolute atomic E-state index is 0.122. The second kappa shape index (κ2) is 5.37. The maximum Gasteiger partial charge on any atom is 0.314 e. The van der Waals surface area contributed by atoms with Crippen molar-refractivity contribution in [3.05, 3.63) is 0 Å². The standard InChI is InChI=1S/C9H16N4O4/c10-7(16)11-3-4-12-8(17)13-5-9(1-2-9)6(14)15/h1-5H2,(H,14,15)(H3,10,11,16)(H2,12,13,17). The number of rotatable bonds is 6. The van der Waals surface area contributed by atoms with Gasteiger partial charge in [0.25, 0.3) is 0 Å². The average molecular weight is 244 g/mol. The van der Waals surface area contributed by atoms with Crippen molar-refractivity contribution in [1.29, 1.82) is 0 Å². The van der Waals surface area contributed by atoms with Gasteiger partial charge in [-0.15, -0.1) is 0 Å². The topological polar surface area (TPSA) is 134 Å². The van der Waals surface area contributed by atoms with Crippen LogP contribution in [0.15, 0.2) is 0 Å². The Morgan fingerprint density at radius 3 is 2.18 bits per heavy atom. The molecule has 1 aliphatic carbocycles. The molecule has 0 atom stereocenters. The van der Waals surface area contributed by atoms with Crippen molar-refractivity contribution in [3.8, 4) is 0 Å². The maximum atomic E-state index is 11.2. The summed E-state index contributed by atoms with van der Waals surface area (Å²) in [5, 5.41) is 16.1. The molecule has 0 heterocycles. The zero-order valence-corrected chi connectivity index (χ0v) is 9.28. The summed E-state index contributed by atoms with van der Waals surface area (Å²) >= 11 is 0. The summed E-state index contributed by atoms with van der Waals surface area (Å²) in [6.45, 7) is 0.582. The normalized spacial score (nSPS) is 15.8. The molecule has 1 rings (SSSR count). The van der Waals surface area contributed by atoms with Crippen molar-refractivity contribution < 1.29 is 19.5 Å². The van der Waals surface area contributed by atoms with Crippen molar-refractivity contribution in [3.63, 3.8) is 0 Å². The number of urea groups is 2. The maximum absolute atomic E-state index is 11.2. The predicted molar refractivity (Wildman–Crippen MR) is 58.3 cm³/mol. The highest BCUT2D eigenvalue weighted by Crippen LogP contribution is 2.45. The third-order valence-corrected chi connectivity index (χ3v) is 2.60. The molecule has 1 aliphatic rings. The van der Waals surface area contributed by atoms with Gasteiger partial charge in [-0.3, -0.25) is 4.79 Å². The van der Waals surface area contributed by atoms with Crippen LogP contribution in [0.4, 0.5) is 9.59 Å². The van der Waals surface area contributed by atoms with Crippen molar-refractivity contribution in [2.75, 3.05) is 19.6 Å². The molecular formula is C9H16N4O4.